The van der Waals surface area contributed by atoms with Gasteiger partial charge in [-0.25, -0.2) is 28.2 Å². The van der Waals surface area contributed by atoms with E-state index in [1.807, 2.05) is 0 Å². The van der Waals surface area contributed by atoms with Gasteiger partial charge in [0.25, 0.3) is 5.91 Å². The molecular formula is C24H29F5N6O4S. The molecule has 40 heavy (non-hydrogen) atoms. The van der Waals surface area contributed by atoms with E-state index in [1.54, 1.807) is 29.4 Å². The third-order valence-corrected chi connectivity index (χ3v) is 10.2. The Morgan fingerprint density at radius 3 is 2.17 bits per heavy atom. The Kier molecular flexibility index (Phi) is 8.61. The molecule has 0 saturated carbocycles. The lowest BCUT2D eigenvalue weighted by molar-refractivity contribution is -0.284. The minimum atomic E-state index is -5.61. The maximum absolute atomic E-state index is 13.8. The average molecular weight is 593 g/mol. The Labute approximate surface area is 227 Å². The number of aryl methyl sites for hydroxylation is 1. The highest BCUT2D eigenvalue weighted by Crippen LogP contribution is 2.40. The molecule has 2 fully saturated rings. The molecule has 1 amide bonds. The van der Waals surface area contributed by atoms with E-state index in [-0.39, 0.29) is 50.5 Å². The number of piperidine rings is 2. The Bertz CT molecular complexity index is 1260. The number of nitrogens with zero attached hydrogens (tertiary/aromatic N) is 5. The minimum Gasteiger partial charge on any atom is -0.341 e. The first-order chi connectivity index (χ1) is 18.8. The summed E-state index contributed by atoms with van der Waals surface area (Å²) in [5.74, 6) is -5.56. The second kappa shape index (κ2) is 11.5. The van der Waals surface area contributed by atoms with E-state index in [0.29, 0.717) is 24.5 Å². The third-order valence-electron chi connectivity index (χ3n) is 7.62. The third kappa shape index (κ3) is 5.88. The quantitative estimate of drug-likeness (QED) is 0.272. The van der Waals surface area contributed by atoms with E-state index < -0.39 is 45.6 Å². The molecule has 0 spiro atoms. The van der Waals surface area contributed by atoms with Crippen LogP contribution in [0.1, 0.15) is 49.3 Å². The van der Waals surface area contributed by atoms with E-state index >= 15 is 0 Å². The van der Waals surface area contributed by atoms with E-state index in [9.17, 15) is 40.4 Å². The van der Waals surface area contributed by atoms with Gasteiger partial charge in [-0.15, -0.1) is 0 Å². The smallest absolute Gasteiger partial charge is 0.341 e. The second-order valence-corrected chi connectivity index (χ2v) is 12.2. The number of anilines is 1. The van der Waals surface area contributed by atoms with Crippen molar-refractivity contribution in [2.24, 2.45) is 0 Å². The molecule has 4 rings (SSSR count). The van der Waals surface area contributed by atoms with E-state index in [1.165, 1.54) is 22.0 Å². The molecule has 0 radical (unpaired) electrons. The Hall–Kier alpha value is -2.98. The van der Waals surface area contributed by atoms with Gasteiger partial charge in [-0.3, -0.25) is 15.0 Å². The summed E-state index contributed by atoms with van der Waals surface area (Å²) >= 11 is 0. The lowest BCUT2D eigenvalue weighted by Crippen LogP contribution is -2.62. The van der Waals surface area contributed by atoms with Gasteiger partial charge in [0, 0.05) is 62.8 Å². The van der Waals surface area contributed by atoms with Crippen molar-refractivity contribution in [1.82, 2.24) is 24.7 Å². The number of alkyl halides is 5. The van der Waals surface area contributed by atoms with Crippen LogP contribution in [0.2, 0.25) is 0 Å². The summed E-state index contributed by atoms with van der Waals surface area (Å²) in [5, 5.41) is 9.41. The molecule has 2 aromatic heterocycles. The molecule has 2 aliphatic rings. The van der Waals surface area contributed by atoms with E-state index in [4.69, 9.17) is 0 Å². The highest BCUT2D eigenvalue weighted by atomic mass is 32.2. The molecule has 220 valence electrons. The number of pyridine rings is 1. The van der Waals surface area contributed by atoms with Gasteiger partial charge in [-0.1, -0.05) is 6.07 Å². The van der Waals surface area contributed by atoms with Gasteiger partial charge in [0.05, 0.1) is 0 Å². The van der Waals surface area contributed by atoms with Crippen LogP contribution in [-0.4, -0.2) is 81.8 Å². The number of nitrogens with one attached hydrogen (secondary N) is 1. The van der Waals surface area contributed by atoms with Gasteiger partial charge in [0.1, 0.15) is 0 Å². The zero-order valence-electron chi connectivity index (χ0n) is 21.3. The van der Waals surface area contributed by atoms with Gasteiger partial charge in [-0.2, -0.15) is 22.0 Å². The largest absolute Gasteiger partial charge is 0.453 e. The number of halogens is 5. The fourth-order valence-electron chi connectivity index (χ4n) is 5.13. The van der Waals surface area contributed by atoms with Crippen LogP contribution < -0.4 is 10.4 Å². The molecule has 0 unspecified atom stereocenters. The monoisotopic (exact) mass is 592 g/mol. The molecule has 0 bridgehead atoms. The van der Waals surface area contributed by atoms with Crippen molar-refractivity contribution in [3.05, 3.63) is 48.0 Å². The van der Waals surface area contributed by atoms with E-state index in [0.717, 1.165) is 0 Å². The Balaban J connectivity index is 1.39. The van der Waals surface area contributed by atoms with Gasteiger partial charge in [-0.05, 0) is 49.8 Å². The maximum Gasteiger partial charge on any atom is 0.453 e. The highest BCUT2D eigenvalue weighted by Gasteiger charge is 2.57. The van der Waals surface area contributed by atoms with Crippen LogP contribution >= 0.6 is 0 Å². The summed E-state index contributed by atoms with van der Waals surface area (Å²) in [6.45, 7) is 0.525. The fourth-order valence-corrected chi connectivity index (χ4v) is 7.30. The summed E-state index contributed by atoms with van der Waals surface area (Å²) < 4.78 is 90.5. The molecule has 2 aliphatic heterocycles. The Morgan fingerprint density at radius 2 is 1.65 bits per heavy atom. The summed E-state index contributed by atoms with van der Waals surface area (Å²) in [6.07, 6.45) is -2.58. The molecule has 2 N–H and O–H groups in total. The molecule has 4 heterocycles. The predicted octanol–water partition coefficient (Wildman–Crippen LogP) is 3.06. The summed E-state index contributed by atoms with van der Waals surface area (Å²) in [5.41, 5.74) is 2.33. The zero-order valence-corrected chi connectivity index (χ0v) is 22.1. The number of hydrogen-bond donors (Lipinski definition) is 2. The number of carbonyl (C=O) groups is 1. The number of amides is 1. The molecular weight excluding hydrogens is 563 g/mol. The standard InChI is InChI=1S/C24H29F5N6O4S/c25-23(26,24(27,28)29)7-4-17-2-3-19(32-16-17)18-5-12-35(13-6-18)40(38,39)22(20(36)33-37)8-14-34(15-9-22)21-30-10-1-11-31-21/h1-3,10-11,16,18,37H,4-9,12-15H2,(H,33,36). The fraction of sp³-hybridized carbons (Fsp3) is 0.583. The zero-order chi connectivity index (χ0) is 29.2. The molecule has 2 aromatic rings. The van der Waals surface area contributed by atoms with Gasteiger partial charge in [0.15, 0.2) is 4.75 Å². The summed E-state index contributed by atoms with van der Waals surface area (Å²) in [6, 6.07) is 4.65. The lowest BCUT2D eigenvalue weighted by Gasteiger charge is -2.43. The van der Waals surface area contributed by atoms with Crippen molar-refractivity contribution >= 4 is 21.9 Å². The Morgan fingerprint density at radius 1 is 1.02 bits per heavy atom. The van der Waals surface area contributed by atoms with Crippen LogP contribution in [0, 0.1) is 0 Å². The van der Waals surface area contributed by atoms with Crippen molar-refractivity contribution in [1.29, 1.82) is 0 Å². The molecule has 10 nitrogen and oxygen atoms in total. The van der Waals surface area contributed by atoms with Gasteiger partial charge < -0.3 is 4.90 Å². The maximum atomic E-state index is 13.8. The van der Waals surface area contributed by atoms with Gasteiger partial charge >= 0.3 is 12.1 Å². The number of aromatic nitrogens is 3. The first kappa shape index (κ1) is 30.0. The molecule has 16 heteroatoms. The SMILES string of the molecule is O=C(NO)C1(S(=O)(=O)N2CCC(c3ccc(CCC(F)(F)C(F)(F)F)cn3)CC2)CCN(c2ncccn2)CC1. The highest BCUT2D eigenvalue weighted by molar-refractivity contribution is 7.91. The van der Waals surface area contributed by atoms with Crippen molar-refractivity contribution in [2.75, 3.05) is 31.1 Å². The van der Waals surface area contributed by atoms with Crippen molar-refractivity contribution in [2.45, 2.75) is 61.3 Å². The predicted molar refractivity (Wildman–Crippen MR) is 132 cm³/mol. The van der Waals surface area contributed by atoms with Crippen molar-refractivity contribution in [3.63, 3.8) is 0 Å². The normalized spacial score (nSPS) is 19.4. The van der Waals surface area contributed by atoms with Crippen LogP contribution in [0.25, 0.3) is 0 Å². The molecule has 2 saturated heterocycles. The topological polar surface area (TPSA) is 129 Å². The first-order valence-corrected chi connectivity index (χ1v) is 14.1. The number of rotatable bonds is 8. The van der Waals surface area contributed by atoms with Crippen LogP contribution in [-0.2, 0) is 21.2 Å². The summed E-state index contributed by atoms with van der Waals surface area (Å²) in [7, 11) is -4.20. The molecule has 0 atom stereocenters. The van der Waals surface area contributed by atoms with Gasteiger partial charge in [0.2, 0.25) is 16.0 Å². The minimum absolute atomic E-state index is 0.0835. The number of hydrogen-bond acceptors (Lipinski definition) is 8. The number of hydroxylamine groups is 1. The van der Waals surface area contributed by atoms with Crippen LogP contribution in [0.5, 0.6) is 0 Å². The second-order valence-electron chi connectivity index (χ2n) is 9.94. The average Bonchev–Trinajstić information content (AvgIpc) is 2.96. The van der Waals surface area contributed by atoms with Crippen molar-refractivity contribution < 1.29 is 40.4 Å². The van der Waals surface area contributed by atoms with Crippen LogP contribution in [0.15, 0.2) is 36.8 Å². The number of sulfonamides is 1. The number of carbonyl (C=O) groups excluding carboxylic acids is 1. The first-order valence-electron chi connectivity index (χ1n) is 12.7. The van der Waals surface area contributed by atoms with E-state index in [2.05, 4.69) is 15.0 Å². The van der Waals surface area contributed by atoms with Crippen molar-refractivity contribution in [3.8, 4) is 0 Å². The lowest BCUT2D eigenvalue weighted by atomic mass is 9.93. The summed E-state index contributed by atoms with van der Waals surface area (Å²) in [4.78, 5) is 27.1. The molecule has 0 aromatic carbocycles. The van der Waals surface area contributed by atoms with Crippen LogP contribution in [0.4, 0.5) is 27.9 Å². The molecule has 0 aliphatic carbocycles. The van der Waals surface area contributed by atoms with Crippen LogP contribution in [0.3, 0.4) is 0 Å².